The number of anilines is 2. The highest BCUT2D eigenvalue weighted by molar-refractivity contribution is 7.87. The number of carbonyl (C=O) groups excluding carboxylic acids is 2. The first kappa shape index (κ1) is 28.6. The summed E-state index contributed by atoms with van der Waals surface area (Å²) >= 11 is 0. The second-order valence-electron chi connectivity index (χ2n) is 8.18. The van der Waals surface area contributed by atoms with Gasteiger partial charge >= 0.3 is 0 Å². The molecule has 0 saturated carbocycles. The molecule has 0 bridgehead atoms. The lowest BCUT2D eigenvalue weighted by Gasteiger charge is -2.13. The second-order valence-corrected chi connectivity index (χ2v) is 11.4. The summed E-state index contributed by atoms with van der Waals surface area (Å²) in [4.78, 5) is 24.4. The van der Waals surface area contributed by atoms with Crippen LogP contribution >= 0.6 is 0 Å². The molecular formula is C28H24N2O8S2. The Bertz CT molecular complexity index is 1580. The quantitative estimate of drug-likeness (QED) is 0.197. The largest absolute Gasteiger partial charge is 0.321 e. The van der Waals surface area contributed by atoms with Crippen LogP contribution in [-0.4, -0.2) is 41.9 Å². The molecule has 2 amide bonds. The lowest BCUT2D eigenvalue weighted by atomic mass is 10.2. The topological polar surface area (TPSA) is 145 Å². The van der Waals surface area contributed by atoms with Gasteiger partial charge < -0.3 is 10.6 Å². The fourth-order valence-electron chi connectivity index (χ4n) is 3.56. The fourth-order valence-corrected chi connectivity index (χ4v) is 5.65. The normalized spacial score (nSPS) is 11.5. The van der Waals surface area contributed by atoms with Crippen molar-refractivity contribution >= 4 is 43.4 Å². The van der Waals surface area contributed by atoms with Crippen LogP contribution in [0.25, 0.3) is 0 Å². The molecule has 0 fully saturated rings. The van der Waals surface area contributed by atoms with Gasteiger partial charge in [0.05, 0.1) is 24.6 Å². The summed E-state index contributed by atoms with van der Waals surface area (Å²) in [6.45, 7) is -1.28. The Morgan fingerprint density at radius 1 is 0.500 bits per heavy atom. The van der Waals surface area contributed by atoms with Crippen molar-refractivity contribution in [3.8, 4) is 0 Å². The van der Waals surface area contributed by atoms with E-state index in [1.54, 1.807) is 72.8 Å². The Labute approximate surface area is 231 Å². The maximum atomic E-state index is 12.8. The highest BCUT2D eigenvalue weighted by Crippen LogP contribution is 2.25. The van der Waals surface area contributed by atoms with Gasteiger partial charge in [-0.15, -0.1) is 0 Å². The van der Waals surface area contributed by atoms with E-state index in [0.29, 0.717) is 11.1 Å². The van der Waals surface area contributed by atoms with Crippen molar-refractivity contribution in [2.24, 2.45) is 0 Å². The Kier molecular flexibility index (Phi) is 9.07. The lowest BCUT2D eigenvalue weighted by Crippen LogP contribution is -2.19. The summed E-state index contributed by atoms with van der Waals surface area (Å²) in [6.07, 6.45) is 0. The molecule has 206 valence electrons. The van der Waals surface area contributed by atoms with E-state index >= 15 is 0 Å². The number of nitrogens with one attached hydrogen (secondary N) is 2. The van der Waals surface area contributed by atoms with Crippen molar-refractivity contribution < 1.29 is 34.8 Å². The molecule has 12 heteroatoms. The van der Waals surface area contributed by atoms with Gasteiger partial charge in [-0.1, -0.05) is 60.7 Å². The minimum atomic E-state index is -4.40. The van der Waals surface area contributed by atoms with Crippen molar-refractivity contribution in [3.63, 3.8) is 0 Å². The van der Waals surface area contributed by atoms with Crippen LogP contribution < -0.4 is 10.6 Å². The van der Waals surface area contributed by atoms with Crippen LogP contribution in [0.1, 0.15) is 20.7 Å². The molecule has 0 heterocycles. The number of carbonyl (C=O) groups is 2. The maximum absolute atomic E-state index is 12.8. The van der Waals surface area contributed by atoms with Gasteiger partial charge in [-0.25, -0.2) is 0 Å². The van der Waals surface area contributed by atoms with Gasteiger partial charge in [0.1, 0.15) is 9.79 Å². The lowest BCUT2D eigenvalue weighted by molar-refractivity contribution is 0.101. The van der Waals surface area contributed by atoms with Crippen LogP contribution in [0.5, 0.6) is 0 Å². The van der Waals surface area contributed by atoms with E-state index in [2.05, 4.69) is 10.6 Å². The second kappa shape index (κ2) is 12.7. The third-order valence-electron chi connectivity index (χ3n) is 5.44. The van der Waals surface area contributed by atoms with Gasteiger partial charge in [0.2, 0.25) is 0 Å². The van der Waals surface area contributed by atoms with Gasteiger partial charge in [0.25, 0.3) is 32.1 Å². The molecule has 4 aromatic carbocycles. The van der Waals surface area contributed by atoms with Gasteiger partial charge in [-0.2, -0.15) is 16.8 Å². The summed E-state index contributed by atoms with van der Waals surface area (Å²) in [5, 5.41) is 5.09. The predicted molar refractivity (Wildman–Crippen MR) is 148 cm³/mol. The molecule has 0 spiro atoms. The van der Waals surface area contributed by atoms with E-state index in [9.17, 15) is 26.4 Å². The summed E-state index contributed by atoms with van der Waals surface area (Å²) in [5.74, 6) is -1.04. The number of benzene rings is 4. The van der Waals surface area contributed by atoms with Crippen molar-refractivity contribution in [1.82, 2.24) is 0 Å². The van der Waals surface area contributed by atoms with Crippen molar-refractivity contribution in [3.05, 3.63) is 120 Å². The first-order valence-corrected chi connectivity index (χ1v) is 14.7. The van der Waals surface area contributed by atoms with Gasteiger partial charge in [0.15, 0.2) is 0 Å². The molecule has 0 unspecified atom stereocenters. The van der Waals surface area contributed by atoms with Crippen LogP contribution in [0.15, 0.2) is 119 Å². The van der Waals surface area contributed by atoms with E-state index < -0.39 is 45.3 Å². The minimum absolute atomic E-state index is 0.00650. The number of rotatable bonds is 11. The molecule has 40 heavy (non-hydrogen) atoms. The van der Waals surface area contributed by atoms with E-state index in [1.165, 1.54) is 36.4 Å². The van der Waals surface area contributed by atoms with Crippen LogP contribution in [0.4, 0.5) is 11.4 Å². The summed E-state index contributed by atoms with van der Waals surface area (Å²) < 4.78 is 61.4. The van der Waals surface area contributed by atoms with E-state index in [4.69, 9.17) is 8.37 Å². The third kappa shape index (κ3) is 7.18. The molecule has 0 atom stereocenters. The van der Waals surface area contributed by atoms with Crippen LogP contribution in [-0.2, 0) is 28.6 Å². The molecule has 0 saturated heterocycles. The average molecular weight is 581 g/mol. The highest BCUT2D eigenvalue weighted by Gasteiger charge is 2.24. The molecule has 10 nitrogen and oxygen atoms in total. The first-order chi connectivity index (χ1) is 19.2. The number of hydrogen-bond donors (Lipinski definition) is 2. The summed E-state index contributed by atoms with van der Waals surface area (Å²) in [6, 6.07) is 27.8. The van der Waals surface area contributed by atoms with E-state index in [1.807, 2.05) is 0 Å². The molecule has 4 aromatic rings. The molecule has 0 aliphatic rings. The van der Waals surface area contributed by atoms with Crippen molar-refractivity contribution in [2.45, 2.75) is 9.79 Å². The van der Waals surface area contributed by atoms with Gasteiger partial charge in [-0.05, 0) is 48.5 Å². The van der Waals surface area contributed by atoms with E-state index in [-0.39, 0.29) is 21.2 Å². The zero-order valence-corrected chi connectivity index (χ0v) is 22.5. The Hall–Kier alpha value is -4.36. The Morgan fingerprint density at radius 2 is 0.825 bits per heavy atom. The standard InChI is InChI=1S/C28H24N2O8S2/c31-27(21-11-3-1-4-12-21)29-23-15-7-9-17-25(23)39(33,34)37-19-20-38-40(35,36)26-18-10-8-16-24(26)30-28(32)22-13-5-2-6-14-22/h1-18H,19-20H2,(H,29,31)(H,30,32). The Morgan fingerprint density at radius 3 is 1.20 bits per heavy atom. The number of para-hydroxylation sites is 2. The third-order valence-corrected chi connectivity index (χ3v) is 8.18. The molecule has 0 radical (unpaired) electrons. The molecule has 0 aliphatic carbocycles. The van der Waals surface area contributed by atoms with Crippen molar-refractivity contribution in [2.75, 3.05) is 23.8 Å². The summed E-state index contributed by atoms with van der Waals surface area (Å²) in [7, 11) is -8.80. The van der Waals surface area contributed by atoms with E-state index in [0.717, 1.165) is 0 Å². The molecule has 2 N–H and O–H groups in total. The number of amides is 2. The molecular weight excluding hydrogens is 556 g/mol. The maximum Gasteiger partial charge on any atom is 0.299 e. The molecule has 0 aromatic heterocycles. The summed E-state index contributed by atoms with van der Waals surface area (Å²) in [5.41, 5.74) is 0.643. The monoisotopic (exact) mass is 580 g/mol. The van der Waals surface area contributed by atoms with Crippen molar-refractivity contribution in [1.29, 1.82) is 0 Å². The van der Waals surface area contributed by atoms with Crippen LogP contribution in [0.2, 0.25) is 0 Å². The van der Waals surface area contributed by atoms with Gasteiger partial charge in [-0.3, -0.25) is 18.0 Å². The smallest absolute Gasteiger partial charge is 0.299 e. The molecule has 0 aliphatic heterocycles. The van der Waals surface area contributed by atoms with Crippen LogP contribution in [0.3, 0.4) is 0 Å². The minimum Gasteiger partial charge on any atom is -0.321 e. The van der Waals surface area contributed by atoms with Crippen LogP contribution in [0, 0.1) is 0 Å². The molecule has 4 rings (SSSR count). The zero-order valence-electron chi connectivity index (χ0n) is 20.9. The SMILES string of the molecule is O=C(Nc1ccccc1S(=O)(=O)OCCOS(=O)(=O)c1ccccc1NC(=O)c1ccccc1)c1ccccc1. The number of hydrogen-bond acceptors (Lipinski definition) is 8. The zero-order chi connectivity index (χ0) is 28.6. The fraction of sp³-hybridized carbons (Fsp3) is 0.0714. The predicted octanol–water partition coefficient (Wildman–Crippen LogP) is 4.30. The first-order valence-electron chi connectivity index (χ1n) is 11.9. The average Bonchev–Trinajstić information content (AvgIpc) is 2.97. The highest BCUT2D eigenvalue weighted by atomic mass is 32.2. The van der Waals surface area contributed by atoms with Gasteiger partial charge in [0, 0.05) is 11.1 Å². The Balaban J connectivity index is 1.40.